The number of aryl methyl sites for hydroxylation is 2. The SMILES string of the molecule is COc1c(C)cc(CN2C[C@@H](OC)C[C@H]2C(=O)N2CCCC2)cc1C. The highest BCUT2D eigenvalue weighted by molar-refractivity contribution is 5.82. The second kappa shape index (κ2) is 7.75. The topological polar surface area (TPSA) is 42.0 Å². The van der Waals surface area contributed by atoms with Crippen molar-refractivity contribution in [3.05, 3.63) is 28.8 Å². The fourth-order valence-corrected chi connectivity index (χ4v) is 4.30. The number of amides is 1. The van der Waals surface area contributed by atoms with Gasteiger partial charge in [-0.3, -0.25) is 9.69 Å². The van der Waals surface area contributed by atoms with Gasteiger partial charge in [-0.25, -0.2) is 0 Å². The Morgan fingerprint density at radius 2 is 1.80 bits per heavy atom. The van der Waals surface area contributed by atoms with Crippen LogP contribution in [-0.2, 0) is 16.1 Å². The molecular weight excluding hydrogens is 316 g/mol. The van der Waals surface area contributed by atoms with E-state index in [9.17, 15) is 4.79 Å². The van der Waals surface area contributed by atoms with E-state index in [4.69, 9.17) is 9.47 Å². The van der Waals surface area contributed by atoms with Crippen molar-refractivity contribution in [2.45, 2.75) is 51.8 Å². The van der Waals surface area contributed by atoms with Crippen molar-refractivity contribution in [3.8, 4) is 5.75 Å². The second-order valence-electron chi connectivity index (χ2n) is 7.33. The summed E-state index contributed by atoms with van der Waals surface area (Å²) in [5, 5.41) is 0. The van der Waals surface area contributed by atoms with Crippen LogP contribution in [0.25, 0.3) is 0 Å². The average molecular weight is 346 g/mol. The minimum atomic E-state index is -0.0641. The molecule has 0 saturated carbocycles. The normalized spacial score (nSPS) is 24.1. The van der Waals surface area contributed by atoms with Crippen molar-refractivity contribution in [2.24, 2.45) is 0 Å². The standard InChI is InChI=1S/C20H30N2O3/c1-14-9-16(10-15(2)19(14)25-4)12-22-13-17(24-3)11-18(22)20(23)21-7-5-6-8-21/h9-10,17-18H,5-8,11-13H2,1-4H3/t17-,18-/m0/s1. The number of benzene rings is 1. The molecule has 1 amide bonds. The van der Waals surface area contributed by atoms with Gasteiger partial charge >= 0.3 is 0 Å². The third-order valence-corrected chi connectivity index (χ3v) is 5.51. The molecule has 25 heavy (non-hydrogen) atoms. The van der Waals surface area contributed by atoms with E-state index >= 15 is 0 Å². The van der Waals surface area contributed by atoms with E-state index in [-0.39, 0.29) is 18.1 Å². The Morgan fingerprint density at radius 3 is 2.36 bits per heavy atom. The minimum Gasteiger partial charge on any atom is -0.496 e. The molecule has 2 aliphatic rings. The number of nitrogens with zero attached hydrogens (tertiary/aromatic N) is 2. The first-order valence-corrected chi connectivity index (χ1v) is 9.23. The molecular formula is C20H30N2O3. The molecule has 3 rings (SSSR count). The lowest BCUT2D eigenvalue weighted by Crippen LogP contribution is -2.44. The Bertz CT molecular complexity index is 602. The molecule has 0 aromatic heterocycles. The zero-order valence-corrected chi connectivity index (χ0v) is 15.9. The Labute approximate surface area is 150 Å². The largest absolute Gasteiger partial charge is 0.496 e. The predicted octanol–water partition coefficient (Wildman–Crippen LogP) is 2.52. The Kier molecular flexibility index (Phi) is 5.64. The van der Waals surface area contributed by atoms with E-state index in [0.29, 0.717) is 0 Å². The molecule has 0 radical (unpaired) electrons. The summed E-state index contributed by atoms with van der Waals surface area (Å²) in [5.41, 5.74) is 3.51. The van der Waals surface area contributed by atoms with Gasteiger partial charge in [0.2, 0.25) is 5.91 Å². The lowest BCUT2D eigenvalue weighted by molar-refractivity contribution is -0.135. The molecule has 1 aromatic rings. The fourth-order valence-electron chi connectivity index (χ4n) is 4.30. The van der Waals surface area contributed by atoms with Crippen molar-refractivity contribution >= 4 is 5.91 Å². The van der Waals surface area contributed by atoms with Crippen molar-refractivity contribution < 1.29 is 14.3 Å². The summed E-state index contributed by atoms with van der Waals surface area (Å²) in [7, 11) is 3.46. The van der Waals surface area contributed by atoms with Crippen LogP contribution >= 0.6 is 0 Å². The summed E-state index contributed by atoms with van der Waals surface area (Å²) < 4.78 is 11.0. The zero-order chi connectivity index (χ0) is 18.0. The highest BCUT2D eigenvalue weighted by atomic mass is 16.5. The van der Waals surface area contributed by atoms with Gasteiger partial charge in [-0.1, -0.05) is 12.1 Å². The maximum absolute atomic E-state index is 13.0. The van der Waals surface area contributed by atoms with Gasteiger partial charge in [0.05, 0.1) is 19.3 Å². The maximum Gasteiger partial charge on any atom is 0.240 e. The zero-order valence-electron chi connectivity index (χ0n) is 15.9. The van der Waals surface area contributed by atoms with Crippen LogP contribution in [0.2, 0.25) is 0 Å². The van der Waals surface area contributed by atoms with Crippen LogP contribution in [0.4, 0.5) is 0 Å². The van der Waals surface area contributed by atoms with Crippen LogP contribution < -0.4 is 4.74 Å². The van der Waals surface area contributed by atoms with Crippen molar-refractivity contribution in [2.75, 3.05) is 33.9 Å². The molecule has 2 aliphatic heterocycles. The van der Waals surface area contributed by atoms with Gasteiger partial charge in [-0.15, -0.1) is 0 Å². The lowest BCUT2D eigenvalue weighted by atomic mass is 10.0. The van der Waals surface area contributed by atoms with Gasteiger partial charge in [-0.05, 0) is 49.8 Å². The Morgan fingerprint density at radius 1 is 1.16 bits per heavy atom. The molecule has 2 atom stereocenters. The van der Waals surface area contributed by atoms with Crippen molar-refractivity contribution in [1.82, 2.24) is 9.80 Å². The molecule has 0 spiro atoms. The number of hydrogen-bond acceptors (Lipinski definition) is 4. The van der Waals surface area contributed by atoms with Gasteiger partial charge < -0.3 is 14.4 Å². The highest BCUT2D eigenvalue weighted by Crippen LogP contribution is 2.29. The van der Waals surface area contributed by atoms with Crippen LogP contribution in [-0.4, -0.2) is 61.7 Å². The fraction of sp³-hybridized carbons (Fsp3) is 0.650. The number of ether oxygens (including phenoxy) is 2. The smallest absolute Gasteiger partial charge is 0.240 e. The Balaban J connectivity index is 1.77. The van der Waals surface area contributed by atoms with Crippen LogP contribution in [0.3, 0.4) is 0 Å². The molecule has 1 aromatic carbocycles. The lowest BCUT2D eigenvalue weighted by Gasteiger charge is -2.27. The average Bonchev–Trinajstić information content (AvgIpc) is 3.23. The molecule has 0 aliphatic carbocycles. The van der Waals surface area contributed by atoms with Gasteiger partial charge in [0.15, 0.2) is 0 Å². The first-order valence-electron chi connectivity index (χ1n) is 9.23. The molecule has 2 fully saturated rings. The predicted molar refractivity (Wildman–Crippen MR) is 97.9 cm³/mol. The second-order valence-corrected chi connectivity index (χ2v) is 7.33. The number of carbonyl (C=O) groups excluding carboxylic acids is 1. The quantitative estimate of drug-likeness (QED) is 0.822. The van der Waals surface area contributed by atoms with E-state index in [2.05, 4.69) is 30.9 Å². The van der Waals surface area contributed by atoms with E-state index in [1.165, 1.54) is 5.56 Å². The summed E-state index contributed by atoms with van der Waals surface area (Å²) >= 11 is 0. The molecule has 2 saturated heterocycles. The molecule has 0 bridgehead atoms. The van der Waals surface area contributed by atoms with Crippen LogP contribution in [0.5, 0.6) is 5.75 Å². The highest BCUT2D eigenvalue weighted by Gasteiger charge is 2.39. The first-order chi connectivity index (χ1) is 12.0. The van der Waals surface area contributed by atoms with Crippen molar-refractivity contribution in [1.29, 1.82) is 0 Å². The van der Waals surface area contributed by atoms with E-state index in [1.807, 2.05) is 4.90 Å². The van der Waals surface area contributed by atoms with E-state index < -0.39 is 0 Å². The minimum absolute atomic E-state index is 0.0641. The van der Waals surface area contributed by atoms with Crippen LogP contribution in [0, 0.1) is 13.8 Å². The van der Waals surface area contributed by atoms with Gasteiger partial charge in [0, 0.05) is 33.3 Å². The van der Waals surface area contributed by atoms with Gasteiger partial charge in [0.25, 0.3) is 0 Å². The molecule has 2 heterocycles. The molecule has 5 nitrogen and oxygen atoms in total. The third kappa shape index (κ3) is 3.82. The van der Waals surface area contributed by atoms with Crippen LogP contribution in [0.15, 0.2) is 12.1 Å². The molecule has 138 valence electrons. The number of methoxy groups -OCH3 is 2. The summed E-state index contributed by atoms with van der Waals surface area (Å²) in [5.74, 6) is 1.23. The summed E-state index contributed by atoms with van der Waals surface area (Å²) in [6.07, 6.45) is 3.18. The number of rotatable bonds is 5. The molecule has 0 unspecified atom stereocenters. The summed E-state index contributed by atoms with van der Waals surface area (Å²) in [4.78, 5) is 17.3. The van der Waals surface area contributed by atoms with Crippen LogP contribution in [0.1, 0.15) is 36.0 Å². The van der Waals surface area contributed by atoms with E-state index in [0.717, 1.165) is 62.3 Å². The first kappa shape index (κ1) is 18.2. The molecule has 5 heteroatoms. The summed E-state index contributed by atoms with van der Waals surface area (Å²) in [6, 6.07) is 4.28. The summed E-state index contributed by atoms with van der Waals surface area (Å²) in [6.45, 7) is 7.54. The Hall–Kier alpha value is -1.59. The monoisotopic (exact) mass is 346 g/mol. The number of hydrogen-bond donors (Lipinski definition) is 0. The number of likely N-dealkylation sites (tertiary alicyclic amines) is 2. The van der Waals surface area contributed by atoms with E-state index in [1.54, 1.807) is 14.2 Å². The maximum atomic E-state index is 13.0. The van der Waals surface area contributed by atoms with Crippen molar-refractivity contribution in [3.63, 3.8) is 0 Å². The van der Waals surface area contributed by atoms with Gasteiger partial charge in [-0.2, -0.15) is 0 Å². The van der Waals surface area contributed by atoms with Gasteiger partial charge in [0.1, 0.15) is 5.75 Å². The molecule has 0 N–H and O–H groups in total. The third-order valence-electron chi connectivity index (χ3n) is 5.51. The number of carbonyl (C=O) groups is 1.